The molecule has 0 spiro atoms. The fourth-order valence-electron chi connectivity index (χ4n) is 2.14. The van der Waals surface area contributed by atoms with Gasteiger partial charge in [-0.2, -0.15) is 0 Å². The Morgan fingerprint density at radius 3 is 2.57 bits per heavy atom. The topological polar surface area (TPSA) is 34.1 Å². The van der Waals surface area contributed by atoms with E-state index in [1.807, 2.05) is 31.4 Å². The lowest BCUT2D eigenvalue weighted by Gasteiger charge is -2.19. The van der Waals surface area contributed by atoms with E-state index in [9.17, 15) is 0 Å². The Balaban J connectivity index is 2.33. The van der Waals surface area contributed by atoms with E-state index in [0.29, 0.717) is 0 Å². The van der Waals surface area contributed by atoms with Crippen molar-refractivity contribution in [1.29, 1.82) is 0 Å². The number of rotatable bonds is 5. The number of aromatic nitrogens is 1. The van der Waals surface area contributed by atoms with Gasteiger partial charge in [0.25, 0.3) is 0 Å². The van der Waals surface area contributed by atoms with Crippen molar-refractivity contribution in [3.8, 4) is 5.75 Å². The van der Waals surface area contributed by atoms with Crippen LogP contribution in [0.1, 0.15) is 17.3 Å². The molecule has 0 aliphatic carbocycles. The number of ether oxygens (including phenoxy) is 1. The second-order valence-electron chi connectivity index (χ2n) is 4.52. The fourth-order valence-corrected chi connectivity index (χ4v) is 3.82. The van der Waals surface area contributed by atoms with Gasteiger partial charge in [-0.05, 0) is 75.2 Å². The van der Waals surface area contributed by atoms with E-state index in [1.165, 1.54) is 0 Å². The molecule has 0 bridgehead atoms. The van der Waals surface area contributed by atoms with Gasteiger partial charge in [0.15, 0.2) is 0 Å². The predicted octanol–water partition coefficient (Wildman–Crippen LogP) is 4.88. The van der Waals surface area contributed by atoms with Gasteiger partial charge in [0.05, 0.1) is 18.8 Å². The molecule has 0 saturated carbocycles. The number of benzene rings is 1. The highest BCUT2D eigenvalue weighted by atomic mass is 79.9. The van der Waals surface area contributed by atoms with Gasteiger partial charge in [-0.1, -0.05) is 15.9 Å². The monoisotopic (exact) mass is 476 g/mol. The molecule has 6 heteroatoms. The molecule has 0 aliphatic rings. The molecule has 1 aromatic heterocycles. The van der Waals surface area contributed by atoms with Crippen molar-refractivity contribution in [3.05, 3.63) is 55.1 Å². The van der Waals surface area contributed by atoms with E-state index in [2.05, 4.69) is 64.2 Å². The number of likely N-dealkylation sites (N-methyl/N-ethyl adjacent to an activating group) is 1. The number of methoxy groups -OCH3 is 1. The molecule has 1 aromatic carbocycles. The Morgan fingerprint density at radius 1 is 1.19 bits per heavy atom. The van der Waals surface area contributed by atoms with E-state index in [4.69, 9.17) is 4.74 Å². The first-order valence-electron chi connectivity index (χ1n) is 6.35. The number of nitrogens with zero attached hydrogens (tertiary/aromatic N) is 1. The van der Waals surface area contributed by atoms with Crippen LogP contribution in [0.5, 0.6) is 5.75 Å². The van der Waals surface area contributed by atoms with E-state index in [0.717, 1.165) is 36.8 Å². The smallest absolute Gasteiger partial charge is 0.122 e. The summed E-state index contributed by atoms with van der Waals surface area (Å²) in [5.41, 5.74) is 2.10. The Bertz CT molecular complexity index is 634. The van der Waals surface area contributed by atoms with Crippen molar-refractivity contribution in [2.75, 3.05) is 14.2 Å². The average Bonchev–Trinajstić information content (AvgIpc) is 2.45. The van der Waals surface area contributed by atoms with Gasteiger partial charge in [0.2, 0.25) is 0 Å². The number of nitrogens with one attached hydrogen (secondary N) is 1. The molecule has 1 N–H and O–H groups in total. The standard InChI is InChI=1S/C15H15Br3N2O/c1-19-13(15-12(18)7-11(17)8-20-15)6-9-5-10(16)3-4-14(9)21-2/h3-5,7-8,13,19H,6H2,1-2H3. The lowest BCUT2D eigenvalue weighted by Crippen LogP contribution is -2.21. The number of hydrogen-bond donors (Lipinski definition) is 1. The van der Waals surface area contributed by atoms with Crippen LogP contribution in [0.15, 0.2) is 43.9 Å². The molecule has 0 amide bonds. The maximum absolute atomic E-state index is 5.44. The van der Waals surface area contributed by atoms with Crippen molar-refractivity contribution in [1.82, 2.24) is 10.3 Å². The highest BCUT2D eigenvalue weighted by molar-refractivity contribution is 9.11. The Hall–Kier alpha value is -0.430. The quantitative estimate of drug-likeness (QED) is 0.665. The van der Waals surface area contributed by atoms with E-state index >= 15 is 0 Å². The molecule has 1 unspecified atom stereocenters. The normalized spacial score (nSPS) is 12.2. The lowest BCUT2D eigenvalue weighted by molar-refractivity contribution is 0.406. The summed E-state index contributed by atoms with van der Waals surface area (Å²) in [7, 11) is 3.63. The summed E-state index contributed by atoms with van der Waals surface area (Å²) < 4.78 is 8.41. The molecule has 1 heterocycles. The van der Waals surface area contributed by atoms with Crippen molar-refractivity contribution >= 4 is 47.8 Å². The van der Waals surface area contributed by atoms with Crippen molar-refractivity contribution in [2.24, 2.45) is 0 Å². The first kappa shape index (κ1) is 16.9. The third-order valence-corrected chi connectivity index (χ3v) is 4.74. The van der Waals surface area contributed by atoms with E-state index in [-0.39, 0.29) is 6.04 Å². The predicted molar refractivity (Wildman–Crippen MR) is 95.8 cm³/mol. The van der Waals surface area contributed by atoms with Crippen LogP contribution in [-0.4, -0.2) is 19.1 Å². The summed E-state index contributed by atoms with van der Waals surface area (Å²) >= 11 is 10.5. The highest BCUT2D eigenvalue weighted by Crippen LogP contribution is 2.30. The van der Waals surface area contributed by atoms with Gasteiger partial charge in [-0.15, -0.1) is 0 Å². The zero-order valence-corrected chi connectivity index (χ0v) is 16.4. The van der Waals surface area contributed by atoms with Crippen LogP contribution in [-0.2, 0) is 6.42 Å². The molecule has 2 rings (SSSR count). The average molecular weight is 479 g/mol. The molecule has 112 valence electrons. The molecule has 0 radical (unpaired) electrons. The third-order valence-electron chi connectivity index (χ3n) is 3.18. The summed E-state index contributed by atoms with van der Waals surface area (Å²) in [5, 5.41) is 3.32. The van der Waals surface area contributed by atoms with Gasteiger partial charge in [-0.3, -0.25) is 4.98 Å². The molecular weight excluding hydrogens is 464 g/mol. The summed E-state index contributed by atoms with van der Waals surface area (Å²) in [6.45, 7) is 0. The van der Waals surface area contributed by atoms with Crippen LogP contribution in [0.4, 0.5) is 0 Å². The second-order valence-corrected chi connectivity index (χ2v) is 7.21. The molecule has 1 atom stereocenters. The van der Waals surface area contributed by atoms with Gasteiger partial charge >= 0.3 is 0 Å². The summed E-state index contributed by atoms with van der Waals surface area (Å²) in [6.07, 6.45) is 2.59. The van der Waals surface area contributed by atoms with Crippen molar-refractivity contribution in [2.45, 2.75) is 12.5 Å². The minimum absolute atomic E-state index is 0.0932. The fraction of sp³-hybridized carbons (Fsp3) is 0.267. The minimum atomic E-state index is 0.0932. The minimum Gasteiger partial charge on any atom is -0.496 e. The first-order valence-corrected chi connectivity index (χ1v) is 8.73. The van der Waals surface area contributed by atoms with Crippen LogP contribution in [0.25, 0.3) is 0 Å². The van der Waals surface area contributed by atoms with Crippen LogP contribution in [0, 0.1) is 0 Å². The van der Waals surface area contributed by atoms with Crippen molar-refractivity contribution in [3.63, 3.8) is 0 Å². The molecular formula is C15H15Br3N2O. The molecule has 0 saturated heterocycles. The zero-order valence-electron chi connectivity index (χ0n) is 11.7. The summed E-state index contributed by atoms with van der Waals surface area (Å²) in [5.74, 6) is 0.881. The molecule has 3 nitrogen and oxygen atoms in total. The third kappa shape index (κ3) is 4.28. The summed E-state index contributed by atoms with van der Waals surface area (Å²) in [4.78, 5) is 4.51. The van der Waals surface area contributed by atoms with Gasteiger partial charge < -0.3 is 10.1 Å². The molecule has 2 aromatic rings. The van der Waals surface area contributed by atoms with Crippen LogP contribution < -0.4 is 10.1 Å². The van der Waals surface area contributed by atoms with Gasteiger partial charge in [0.1, 0.15) is 5.75 Å². The number of hydrogen-bond acceptors (Lipinski definition) is 3. The Kier molecular flexibility index (Phi) is 6.22. The maximum Gasteiger partial charge on any atom is 0.122 e. The second kappa shape index (κ2) is 7.72. The summed E-state index contributed by atoms with van der Waals surface area (Å²) in [6, 6.07) is 8.12. The zero-order chi connectivity index (χ0) is 15.4. The van der Waals surface area contributed by atoms with Crippen LogP contribution >= 0.6 is 47.8 Å². The van der Waals surface area contributed by atoms with Crippen LogP contribution in [0.3, 0.4) is 0 Å². The lowest BCUT2D eigenvalue weighted by atomic mass is 10.0. The number of pyridine rings is 1. The largest absolute Gasteiger partial charge is 0.496 e. The van der Waals surface area contributed by atoms with Gasteiger partial charge in [-0.25, -0.2) is 0 Å². The van der Waals surface area contributed by atoms with Crippen molar-refractivity contribution < 1.29 is 4.74 Å². The van der Waals surface area contributed by atoms with Crippen LogP contribution in [0.2, 0.25) is 0 Å². The number of halogens is 3. The SMILES string of the molecule is CNC(Cc1cc(Br)ccc1OC)c1ncc(Br)cc1Br. The molecule has 0 aliphatic heterocycles. The highest BCUT2D eigenvalue weighted by Gasteiger charge is 2.17. The molecule has 0 fully saturated rings. The molecule has 21 heavy (non-hydrogen) atoms. The Morgan fingerprint density at radius 2 is 1.95 bits per heavy atom. The Labute approximate surface area is 149 Å². The van der Waals surface area contributed by atoms with E-state index < -0.39 is 0 Å². The first-order chi connectivity index (χ1) is 10.0. The van der Waals surface area contributed by atoms with E-state index in [1.54, 1.807) is 7.11 Å². The maximum atomic E-state index is 5.44. The van der Waals surface area contributed by atoms with Gasteiger partial charge in [0, 0.05) is 19.6 Å².